The fourth-order valence-corrected chi connectivity index (χ4v) is 3.90. The molecule has 0 radical (unpaired) electrons. The van der Waals surface area contributed by atoms with E-state index in [1.807, 2.05) is 0 Å². The van der Waals surface area contributed by atoms with Gasteiger partial charge in [-0.15, -0.1) is 12.4 Å². The summed E-state index contributed by atoms with van der Waals surface area (Å²) in [6.07, 6.45) is 5.39. The SMILES string of the molecule is Cl.NC1CC2CCCC(C1)C2NC(=O)c1ccccc1F. The molecule has 2 atom stereocenters. The molecule has 1 aromatic carbocycles. The highest BCUT2D eigenvalue weighted by molar-refractivity contribution is 5.94. The molecule has 0 aliphatic heterocycles. The monoisotopic (exact) mass is 312 g/mol. The summed E-state index contributed by atoms with van der Waals surface area (Å²) in [5, 5.41) is 3.06. The minimum atomic E-state index is -0.456. The van der Waals surface area contributed by atoms with Gasteiger partial charge in [-0.2, -0.15) is 0 Å². The molecule has 2 saturated carbocycles. The van der Waals surface area contributed by atoms with E-state index < -0.39 is 5.82 Å². The number of amides is 1. The van der Waals surface area contributed by atoms with Crippen LogP contribution in [-0.4, -0.2) is 18.0 Å². The summed E-state index contributed by atoms with van der Waals surface area (Å²) in [4.78, 5) is 12.3. The topological polar surface area (TPSA) is 55.1 Å². The number of fused-ring (bicyclic) bond motifs is 2. The Bertz CT molecular complexity index is 497. The van der Waals surface area contributed by atoms with Gasteiger partial charge >= 0.3 is 0 Å². The van der Waals surface area contributed by atoms with Crippen LogP contribution in [0.5, 0.6) is 0 Å². The smallest absolute Gasteiger partial charge is 0.254 e. The predicted octanol–water partition coefficient (Wildman–Crippen LogP) is 2.88. The summed E-state index contributed by atoms with van der Waals surface area (Å²) < 4.78 is 13.7. The molecule has 21 heavy (non-hydrogen) atoms. The van der Waals surface area contributed by atoms with Crippen molar-refractivity contribution >= 4 is 18.3 Å². The zero-order valence-corrected chi connectivity index (χ0v) is 12.7. The van der Waals surface area contributed by atoms with Crippen molar-refractivity contribution in [1.82, 2.24) is 5.32 Å². The summed E-state index contributed by atoms with van der Waals surface area (Å²) in [5.41, 5.74) is 6.22. The standard InChI is InChI=1S/C16H21FN2O.ClH/c17-14-7-2-1-6-13(14)16(20)19-15-10-4-3-5-11(15)9-12(18)8-10;/h1-2,6-7,10-12,15H,3-5,8-9,18H2,(H,19,20);1H. The van der Waals surface area contributed by atoms with E-state index in [0.29, 0.717) is 11.8 Å². The molecule has 1 amide bonds. The lowest BCUT2D eigenvalue weighted by atomic mass is 9.67. The molecule has 2 unspecified atom stereocenters. The molecule has 116 valence electrons. The van der Waals surface area contributed by atoms with Crippen molar-refractivity contribution in [3.8, 4) is 0 Å². The van der Waals surface area contributed by atoms with Crippen LogP contribution in [0, 0.1) is 17.7 Å². The van der Waals surface area contributed by atoms with Gasteiger partial charge < -0.3 is 11.1 Å². The highest BCUT2D eigenvalue weighted by Gasteiger charge is 2.40. The Morgan fingerprint density at radius 3 is 2.43 bits per heavy atom. The number of nitrogens with one attached hydrogen (secondary N) is 1. The molecule has 2 fully saturated rings. The van der Waals surface area contributed by atoms with Crippen molar-refractivity contribution in [1.29, 1.82) is 0 Å². The van der Waals surface area contributed by atoms with Crippen LogP contribution in [0.2, 0.25) is 0 Å². The van der Waals surface area contributed by atoms with Gasteiger partial charge in [0.1, 0.15) is 5.82 Å². The molecule has 3 nitrogen and oxygen atoms in total. The Morgan fingerprint density at radius 2 is 1.81 bits per heavy atom. The second kappa shape index (κ2) is 6.75. The van der Waals surface area contributed by atoms with Crippen LogP contribution in [0.25, 0.3) is 0 Å². The van der Waals surface area contributed by atoms with E-state index in [1.54, 1.807) is 12.1 Å². The van der Waals surface area contributed by atoms with Crippen LogP contribution in [-0.2, 0) is 0 Å². The van der Waals surface area contributed by atoms with Crippen molar-refractivity contribution in [2.75, 3.05) is 0 Å². The Kier molecular flexibility index (Phi) is 5.22. The van der Waals surface area contributed by atoms with Crippen LogP contribution >= 0.6 is 12.4 Å². The molecule has 0 spiro atoms. The molecular formula is C16H22ClFN2O. The summed E-state index contributed by atoms with van der Waals surface area (Å²) in [6, 6.07) is 6.57. The average molecular weight is 313 g/mol. The van der Waals surface area contributed by atoms with Gasteiger partial charge in [0.05, 0.1) is 5.56 Å². The third-order valence-corrected chi connectivity index (χ3v) is 4.79. The quantitative estimate of drug-likeness (QED) is 0.882. The van der Waals surface area contributed by atoms with Gasteiger partial charge in [0, 0.05) is 12.1 Å². The number of halogens is 2. The van der Waals surface area contributed by atoms with Crippen molar-refractivity contribution in [3.63, 3.8) is 0 Å². The van der Waals surface area contributed by atoms with E-state index in [4.69, 9.17) is 5.73 Å². The fourth-order valence-electron chi connectivity index (χ4n) is 3.90. The summed E-state index contributed by atoms with van der Waals surface area (Å²) >= 11 is 0. The van der Waals surface area contributed by atoms with Crippen LogP contribution in [0.1, 0.15) is 42.5 Å². The first-order valence-corrected chi connectivity index (χ1v) is 7.46. The number of carbonyl (C=O) groups excluding carboxylic acids is 1. The van der Waals surface area contributed by atoms with Crippen LogP contribution < -0.4 is 11.1 Å². The van der Waals surface area contributed by atoms with E-state index >= 15 is 0 Å². The highest BCUT2D eigenvalue weighted by Crippen LogP contribution is 2.39. The van der Waals surface area contributed by atoms with E-state index in [0.717, 1.165) is 25.7 Å². The van der Waals surface area contributed by atoms with Gasteiger partial charge in [-0.3, -0.25) is 4.79 Å². The van der Waals surface area contributed by atoms with E-state index in [1.165, 1.54) is 18.6 Å². The largest absolute Gasteiger partial charge is 0.349 e. The van der Waals surface area contributed by atoms with Gasteiger partial charge in [0.25, 0.3) is 5.91 Å². The third-order valence-electron chi connectivity index (χ3n) is 4.79. The molecule has 2 aliphatic carbocycles. The van der Waals surface area contributed by atoms with Gasteiger partial charge in [-0.25, -0.2) is 4.39 Å². The molecule has 3 N–H and O–H groups in total. The van der Waals surface area contributed by atoms with Crippen LogP contribution in [0.3, 0.4) is 0 Å². The van der Waals surface area contributed by atoms with E-state index in [-0.39, 0.29) is 36.0 Å². The van der Waals surface area contributed by atoms with E-state index in [2.05, 4.69) is 5.32 Å². The molecule has 2 aliphatic rings. The lowest BCUT2D eigenvalue weighted by molar-refractivity contribution is 0.0752. The fraction of sp³-hybridized carbons (Fsp3) is 0.562. The molecule has 0 heterocycles. The zero-order chi connectivity index (χ0) is 14.1. The minimum Gasteiger partial charge on any atom is -0.349 e. The van der Waals surface area contributed by atoms with Crippen LogP contribution in [0.15, 0.2) is 24.3 Å². The first-order valence-electron chi connectivity index (χ1n) is 7.46. The molecule has 0 aromatic heterocycles. The second-order valence-electron chi connectivity index (χ2n) is 6.16. The van der Waals surface area contributed by atoms with E-state index in [9.17, 15) is 9.18 Å². The second-order valence-corrected chi connectivity index (χ2v) is 6.16. The Morgan fingerprint density at radius 1 is 1.19 bits per heavy atom. The van der Waals surface area contributed by atoms with Gasteiger partial charge in [-0.1, -0.05) is 18.6 Å². The maximum absolute atomic E-state index is 13.7. The first kappa shape index (κ1) is 16.2. The Balaban J connectivity index is 0.00000161. The summed E-state index contributed by atoms with van der Waals surface area (Å²) in [5.74, 6) is 0.157. The van der Waals surface area contributed by atoms with Crippen molar-refractivity contribution in [2.45, 2.75) is 44.2 Å². The first-order chi connectivity index (χ1) is 9.65. The van der Waals surface area contributed by atoms with Crippen molar-refractivity contribution < 1.29 is 9.18 Å². The van der Waals surface area contributed by atoms with Gasteiger partial charge in [0.2, 0.25) is 0 Å². The lowest BCUT2D eigenvalue weighted by Crippen LogP contribution is -2.53. The van der Waals surface area contributed by atoms with Gasteiger partial charge in [-0.05, 0) is 49.7 Å². The number of nitrogens with two attached hydrogens (primary N) is 1. The lowest BCUT2D eigenvalue weighted by Gasteiger charge is -2.45. The number of hydrogen-bond donors (Lipinski definition) is 2. The van der Waals surface area contributed by atoms with Crippen molar-refractivity contribution in [3.05, 3.63) is 35.6 Å². The predicted molar refractivity (Wildman–Crippen MR) is 82.9 cm³/mol. The maximum atomic E-state index is 13.7. The molecule has 2 bridgehead atoms. The number of carbonyl (C=O) groups is 1. The van der Waals surface area contributed by atoms with Crippen LogP contribution in [0.4, 0.5) is 4.39 Å². The number of rotatable bonds is 2. The molecular weight excluding hydrogens is 291 g/mol. The zero-order valence-electron chi connectivity index (χ0n) is 11.9. The molecule has 5 heteroatoms. The third kappa shape index (κ3) is 3.38. The molecule has 1 aromatic rings. The average Bonchev–Trinajstić information content (AvgIpc) is 2.40. The van der Waals surface area contributed by atoms with Crippen molar-refractivity contribution in [2.24, 2.45) is 17.6 Å². The maximum Gasteiger partial charge on any atom is 0.254 e. The number of benzene rings is 1. The van der Waals surface area contributed by atoms with Gasteiger partial charge in [0.15, 0.2) is 0 Å². The summed E-state index contributed by atoms with van der Waals surface area (Å²) in [6.45, 7) is 0. The minimum absolute atomic E-state index is 0. The molecule has 0 saturated heterocycles. The highest BCUT2D eigenvalue weighted by atomic mass is 35.5. The number of hydrogen-bond acceptors (Lipinski definition) is 2. The Hall–Kier alpha value is -1.13. The molecule has 3 rings (SSSR count). The normalized spacial score (nSPS) is 31.1. The summed E-state index contributed by atoms with van der Waals surface area (Å²) in [7, 11) is 0. The Labute approximate surface area is 130 Å².